The summed E-state index contributed by atoms with van der Waals surface area (Å²) in [5, 5.41) is 2.69. The fourth-order valence-electron chi connectivity index (χ4n) is 19.7. The van der Waals surface area contributed by atoms with Crippen molar-refractivity contribution in [3.05, 3.63) is 164 Å². The molecule has 3 nitrogen and oxygen atoms in total. The molecule has 7 saturated carbocycles. The predicted molar refractivity (Wildman–Crippen MR) is 294 cm³/mol. The van der Waals surface area contributed by atoms with E-state index in [1.807, 2.05) is 0 Å². The van der Waals surface area contributed by atoms with Crippen LogP contribution < -0.4 is 26.2 Å². The van der Waals surface area contributed by atoms with Gasteiger partial charge < -0.3 is 14.4 Å². The van der Waals surface area contributed by atoms with Crippen molar-refractivity contribution >= 4 is 79.0 Å². The number of benzene rings is 7. The maximum Gasteiger partial charge on any atom is 0.252 e. The minimum absolute atomic E-state index is 0.0120. The Morgan fingerprint density at radius 2 is 0.843 bits per heavy atom. The zero-order valence-electron chi connectivity index (χ0n) is 42.8. The molecular formula is C66H64BN3. The molecule has 0 saturated heterocycles. The van der Waals surface area contributed by atoms with Gasteiger partial charge in [0.1, 0.15) is 0 Å². The van der Waals surface area contributed by atoms with E-state index in [2.05, 4.69) is 181 Å². The van der Waals surface area contributed by atoms with Gasteiger partial charge in [0.25, 0.3) is 6.71 Å². The number of anilines is 6. The molecule has 7 aromatic carbocycles. The second-order valence-electron chi connectivity index (χ2n) is 24.7. The minimum Gasteiger partial charge on any atom is -0.311 e. The third kappa shape index (κ3) is 4.68. The number of hydrogen-bond donors (Lipinski definition) is 0. The van der Waals surface area contributed by atoms with E-state index in [1.54, 1.807) is 22.1 Å². The van der Waals surface area contributed by atoms with E-state index >= 15 is 0 Å². The molecular weight excluding hydrogens is 846 g/mol. The van der Waals surface area contributed by atoms with Gasteiger partial charge in [-0.3, -0.25) is 0 Å². The van der Waals surface area contributed by atoms with E-state index in [-0.39, 0.29) is 12.1 Å². The van der Waals surface area contributed by atoms with Gasteiger partial charge in [-0.25, -0.2) is 0 Å². The number of rotatable bonds is 3. The molecule has 4 unspecified atom stereocenters. The van der Waals surface area contributed by atoms with E-state index in [9.17, 15) is 0 Å². The van der Waals surface area contributed by atoms with Crippen LogP contribution >= 0.6 is 0 Å². The first-order valence-corrected chi connectivity index (χ1v) is 27.0. The molecule has 7 aliphatic carbocycles. The van der Waals surface area contributed by atoms with E-state index in [0.717, 1.165) is 35.5 Å². The molecule has 1 aromatic heterocycles. The predicted octanol–water partition coefficient (Wildman–Crippen LogP) is 14.5. The topological polar surface area (TPSA) is 11.4 Å². The lowest BCUT2D eigenvalue weighted by atomic mass is 9.22. The summed E-state index contributed by atoms with van der Waals surface area (Å²) in [7, 11) is 0. The fraction of sp³-hybridized carbons (Fsp3) is 0.364. The second kappa shape index (κ2) is 13.3. The Bertz CT molecular complexity index is 3480. The SMILES string of the molecule is Cc1cc(C)c(N2c3cc(-n4c5c(C)cc(C)cc5c5cc(C)cc(C)c54)cc4c3B3c5c2cccc5C2(c5cccc(c53)N4c3c(C)cc(C)cc3C)C3CC4C5CC6CC4C2C(C6)C5C3)c(C)c1. The highest BCUT2D eigenvalue weighted by atomic mass is 15.2. The molecule has 3 aliphatic heterocycles. The molecule has 4 heteroatoms. The quantitative estimate of drug-likeness (QED) is 0.164. The molecule has 18 rings (SSSR count). The van der Waals surface area contributed by atoms with Gasteiger partial charge in [-0.15, -0.1) is 0 Å². The second-order valence-corrected chi connectivity index (χ2v) is 24.7. The van der Waals surface area contributed by atoms with Crippen molar-refractivity contribution in [3.8, 4) is 5.69 Å². The molecule has 4 heterocycles. The summed E-state index contributed by atoms with van der Waals surface area (Å²) in [6.45, 7) is 23.4. The normalized spacial score (nSPS) is 26.2. The van der Waals surface area contributed by atoms with Crippen LogP contribution in [-0.2, 0) is 5.41 Å². The van der Waals surface area contributed by atoms with Crippen molar-refractivity contribution in [2.24, 2.45) is 47.3 Å². The summed E-state index contributed by atoms with van der Waals surface area (Å²) in [5.41, 5.74) is 33.4. The number of fused-ring (bicyclic) bond motifs is 3. The summed E-state index contributed by atoms with van der Waals surface area (Å²) in [6, 6.07) is 40.2. The van der Waals surface area contributed by atoms with Crippen LogP contribution in [0.3, 0.4) is 0 Å². The molecule has 346 valence electrons. The smallest absolute Gasteiger partial charge is 0.252 e. The van der Waals surface area contributed by atoms with Crippen LogP contribution in [0.15, 0.2) is 97.1 Å². The average Bonchev–Trinajstić information content (AvgIpc) is 3.64. The van der Waals surface area contributed by atoms with Crippen molar-refractivity contribution in [3.63, 3.8) is 0 Å². The molecule has 70 heavy (non-hydrogen) atoms. The molecule has 10 aliphatic rings. The summed E-state index contributed by atoms with van der Waals surface area (Å²) in [5.74, 6) is 6.88. The van der Waals surface area contributed by atoms with E-state index in [4.69, 9.17) is 0 Å². The van der Waals surface area contributed by atoms with Crippen molar-refractivity contribution in [1.29, 1.82) is 0 Å². The van der Waals surface area contributed by atoms with Crippen LogP contribution in [0.5, 0.6) is 0 Å². The third-order valence-electron chi connectivity index (χ3n) is 20.8. The summed E-state index contributed by atoms with van der Waals surface area (Å²) >= 11 is 0. The highest BCUT2D eigenvalue weighted by Gasteiger charge is 2.73. The monoisotopic (exact) mass is 910 g/mol. The zero-order valence-corrected chi connectivity index (χ0v) is 42.8. The van der Waals surface area contributed by atoms with Crippen LogP contribution in [-0.4, -0.2) is 11.3 Å². The Balaban J connectivity index is 1.09. The van der Waals surface area contributed by atoms with Gasteiger partial charge in [0.2, 0.25) is 0 Å². The van der Waals surface area contributed by atoms with Gasteiger partial charge in [-0.05, 0) is 246 Å². The lowest BCUT2D eigenvalue weighted by molar-refractivity contribution is -0.232. The molecule has 4 atom stereocenters. The first-order chi connectivity index (χ1) is 33.8. The first kappa shape index (κ1) is 40.7. The fourth-order valence-corrected chi connectivity index (χ4v) is 19.7. The number of nitrogens with zero attached hydrogens (tertiary/aromatic N) is 3. The van der Waals surface area contributed by atoms with E-state index in [1.165, 1.54) is 155 Å². The van der Waals surface area contributed by atoms with Crippen LogP contribution in [0.1, 0.15) is 98.9 Å². The van der Waals surface area contributed by atoms with Crippen LogP contribution in [0.25, 0.3) is 27.5 Å². The van der Waals surface area contributed by atoms with Gasteiger partial charge in [-0.1, -0.05) is 82.9 Å². The van der Waals surface area contributed by atoms with Crippen molar-refractivity contribution in [2.75, 3.05) is 9.80 Å². The standard InChI is InChI=1S/C66H64BN3/c1-32-17-36(5)62(37(6)18-32)69-54-15-11-13-52-59(54)67-60-53(66(52)43-28-46-45-25-42-26-48(46)58(66)49(27-42)47(45)29-43)14-12-16-55(60)70(63-38(7)19-33(2)20-39(63)8)57-31-44(30-56(69)61(57)67)68-64-40(9)21-34(3)23-50(64)51-24-35(4)22-41(10)65(51)68/h11-24,30-31,42-43,45-49,58H,25-29H2,1-10H3. The Kier molecular flexibility index (Phi) is 7.73. The summed E-state index contributed by atoms with van der Waals surface area (Å²) < 4.78 is 2.66. The largest absolute Gasteiger partial charge is 0.311 e. The van der Waals surface area contributed by atoms with Crippen molar-refractivity contribution in [2.45, 2.75) is 107 Å². The number of hydrogen-bond acceptors (Lipinski definition) is 2. The van der Waals surface area contributed by atoms with Gasteiger partial charge in [0, 0.05) is 38.9 Å². The third-order valence-corrected chi connectivity index (χ3v) is 20.8. The molecule has 8 aromatic rings. The molecule has 0 radical (unpaired) electrons. The highest BCUT2D eigenvalue weighted by Crippen LogP contribution is 2.77. The van der Waals surface area contributed by atoms with Crippen molar-refractivity contribution < 1.29 is 0 Å². The van der Waals surface area contributed by atoms with Crippen LogP contribution in [0.4, 0.5) is 34.1 Å². The maximum atomic E-state index is 2.80. The Hall–Kier alpha value is -6.00. The van der Waals surface area contributed by atoms with E-state index < -0.39 is 0 Å². The molecule has 1 spiro atoms. The Morgan fingerprint density at radius 3 is 1.31 bits per heavy atom. The lowest BCUT2D eigenvalue weighted by Crippen LogP contribution is -2.76. The van der Waals surface area contributed by atoms with Gasteiger partial charge in [0.15, 0.2) is 0 Å². The molecule has 0 amide bonds. The van der Waals surface area contributed by atoms with Crippen LogP contribution in [0, 0.1) is 117 Å². The Morgan fingerprint density at radius 1 is 0.429 bits per heavy atom. The summed E-state index contributed by atoms with van der Waals surface area (Å²) in [4.78, 5) is 5.60. The van der Waals surface area contributed by atoms with Gasteiger partial charge >= 0.3 is 0 Å². The number of aryl methyl sites for hydroxylation is 10. The summed E-state index contributed by atoms with van der Waals surface area (Å²) in [6.07, 6.45) is 7.30. The number of aromatic nitrogens is 1. The molecule has 0 N–H and O–H groups in total. The van der Waals surface area contributed by atoms with Gasteiger partial charge in [0.05, 0.1) is 28.1 Å². The molecule has 8 bridgehead atoms. The minimum atomic E-state index is 0.0120. The Labute approximate surface area is 415 Å². The zero-order chi connectivity index (χ0) is 47.3. The molecule has 7 fully saturated rings. The lowest BCUT2D eigenvalue weighted by Gasteiger charge is -2.76. The first-order valence-electron chi connectivity index (χ1n) is 27.0. The highest BCUT2D eigenvalue weighted by molar-refractivity contribution is 7.01. The van der Waals surface area contributed by atoms with E-state index in [0.29, 0.717) is 11.8 Å². The maximum absolute atomic E-state index is 2.80. The average molecular weight is 910 g/mol. The van der Waals surface area contributed by atoms with Crippen LogP contribution in [0.2, 0.25) is 0 Å². The van der Waals surface area contributed by atoms with Crippen molar-refractivity contribution in [1.82, 2.24) is 4.57 Å². The van der Waals surface area contributed by atoms with Gasteiger partial charge in [-0.2, -0.15) is 0 Å².